The number of fused-ring (bicyclic) bond motifs is 1. The monoisotopic (exact) mass is 219 g/mol. The molecular weight excluding hydrogens is 198 g/mol. The molecule has 1 aromatic rings. The van der Waals surface area contributed by atoms with Gasteiger partial charge >= 0.3 is 0 Å². The molecular formula is C13H21N3. The zero-order chi connectivity index (χ0) is 11.0. The second kappa shape index (κ2) is 4.22. The van der Waals surface area contributed by atoms with Crippen LogP contribution in [0.4, 0.5) is 0 Å². The molecule has 3 heterocycles. The van der Waals surface area contributed by atoms with Crippen molar-refractivity contribution in [2.75, 3.05) is 19.6 Å². The average Bonchev–Trinajstić information content (AvgIpc) is 2.75. The van der Waals surface area contributed by atoms with Gasteiger partial charge in [0.1, 0.15) is 0 Å². The molecule has 3 rings (SSSR count). The number of hydrogen-bond donors (Lipinski definition) is 1. The normalized spacial score (nSPS) is 31.3. The maximum absolute atomic E-state index is 3.59. The highest BCUT2D eigenvalue weighted by atomic mass is 15.3. The molecule has 3 nitrogen and oxygen atoms in total. The Morgan fingerprint density at radius 1 is 1.31 bits per heavy atom. The van der Waals surface area contributed by atoms with E-state index in [0.717, 1.165) is 12.6 Å². The Morgan fingerprint density at radius 3 is 3.06 bits per heavy atom. The molecule has 1 N–H and O–H groups in total. The number of hydrogen-bond acceptors (Lipinski definition) is 2. The summed E-state index contributed by atoms with van der Waals surface area (Å²) in [5, 5.41) is 3.59. The molecule has 0 amide bonds. The van der Waals surface area contributed by atoms with Crippen LogP contribution in [0.1, 0.15) is 30.9 Å². The summed E-state index contributed by atoms with van der Waals surface area (Å²) < 4.78 is 2.16. The molecule has 2 aliphatic heterocycles. The van der Waals surface area contributed by atoms with Crippen molar-refractivity contribution in [1.29, 1.82) is 0 Å². The van der Waals surface area contributed by atoms with Crippen molar-refractivity contribution < 1.29 is 0 Å². The number of aryl methyl sites for hydroxylation is 1. The second-order valence-corrected chi connectivity index (χ2v) is 5.17. The molecule has 0 saturated carbocycles. The zero-order valence-electron chi connectivity index (χ0n) is 10.0. The molecule has 0 radical (unpaired) electrons. The fourth-order valence-corrected chi connectivity index (χ4v) is 3.19. The summed E-state index contributed by atoms with van der Waals surface area (Å²) in [5.41, 5.74) is 1.47. The van der Waals surface area contributed by atoms with E-state index in [4.69, 9.17) is 0 Å². The lowest BCUT2D eigenvalue weighted by molar-refractivity contribution is 0.0643. The van der Waals surface area contributed by atoms with Gasteiger partial charge in [-0.15, -0.1) is 0 Å². The lowest BCUT2D eigenvalue weighted by atomic mass is 9.94. The second-order valence-electron chi connectivity index (χ2n) is 5.17. The highest BCUT2D eigenvalue weighted by Crippen LogP contribution is 2.30. The first kappa shape index (κ1) is 10.4. The van der Waals surface area contributed by atoms with Crippen LogP contribution in [0.25, 0.3) is 0 Å². The number of piperidine rings is 1. The SMILES string of the molecule is Cn1ccc(C2CNCC3CCCCN32)c1. The van der Waals surface area contributed by atoms with E-state index in [-0.39, 0.29) is 0 Å². The van der Waals surface area contributed by atoms with Crippen LogP contribution in [0.5, 0.6) is 0 Å². The predicted octanol–water partition coefficient (Wildman–Crippen LogP) is 1.52. The fraction of sp³-hybridized carbons (Fsp3) is 0.692. The Bertz CT molecular complexity index is 356. The summed E-state index contributed by atoms with van der Waals surface area (Å²) in [7, 11) is 2.10. The third kappa shape index (κ3) is 1.78. The fourth-order valence-electron chi connectivity index (χ4n) is 3.19. The van der Waals surface area contributed by atoms with Gasteiger partial charge in [-0.2, -0.15) is 0 Å². The van der Waals surface area contributed by atoms with Crippen LogP contribution in [-0.2, 0) is 7.05 Å². The molecule has 0 aliphatic carbocycles. The maximum Gasteiger partial charge on any atom is 0.0491 e. The van der Waals surface area contributed by atoms with Gasteiger partial charge in [0.15, 0.2) is 0 Å². The summed E-state index contributed by atoms with van der Waals surface area (Å²) in [6.07, 6.45) is 8.58. The Hall–Kier alpha value is -0.800. The van der Waals surface area contributed by atoms with Gasteiger partial charge in [0, 0.05) is 44.6 Å². The van der Waals surface area contributed by atoms with Gasteiger partial charge in [-0.25, -0.2) is 0 Å². The van der Waals surface area contributed by atoms with Gasteiger partial charge in [-0.1, -0.05) is 6.42 Å². The number of aromatic nitrogens is 1. The molecule has 3 heteroatoms. The summed E-state index contributed by atoms with van der Waals surface area (Å²) >= 11 is 0. The van der Waals surface area contributed by atoms with E-state index in [9.17, 15) is 0 Å². The van der Waals surface area contributed by atoms with E-state index in [1.807, 2.05) is 0 Å². The number of rotatable bonds is 1. The Balaban J connectivity index is 1.82. The van der Waals surface area contributed by atoms with E-state index >= 15 is 0 Å². The largest absolute Gasteiger partial charge is 0.357 e. The van der Waals surface area contributed by atoms with Crippen LogP contribution >= 0.6 is 0 Å². The van der Waals surface area contributed by atoms with Crippen molar-refractivity contribution in [3.8, 4) is 0 Å². The highest BCUT2D eigenvalue weighted by molar-refractivity contribution is 5.17. The van der Waals surface area contributed by atoms with Crippen molar-refractivity contribution in [2.24, 2.45) is 7.05 Å². The highest BCUT2D eigenvalue weighted by Gasteiger charge is 2.32. The molecule has 0 bridgehead atoms. The van der Waals surface area contributed by atoms with Crippen LogP contribution in [0.2, 0.25) is 0 Å². The van der Waals surface area contributed by atoms with Crippen LogP contribution in [0.15, 0.2) is 18.5 Å². The number of nitrogens with zero attached hydrogens (tertiary/aromatic N) is 2. The van der Waals surface area contributed by atoms with Crippen molar-refractivity contribution in [3.63, 3.8) is 0 Å². The van der Waals surface area contributed by atoms with Crippen molar-refractivity contribution in [2.45, 2.75) is 31.3 Å². The van der Waals surface area contributed by atoms with Gasteiger partial charge in [0.25, 0.3) is 0 Å². The third-order valence-corrected chi connectivity index (χ3v) is 4.03. The average molecular weight is 219 g/mol. The molecule has 2 aliphatic rings. The molecule has 0 aromatic carbocycles. The molecule has 2 unspecified atom stereocenters. The van der Waals surface area contributed by atoms with Crippen molar-refractivity contribution in [3.05, 3.63) is 24.0 Å². The van der Waals surface area contributed by atoms with E-state index in [1.54, 1.807) is 0 Å². The lowest BCUT2D eigenvalue weighted by Crippen LogP contribution is -2.54. The van der Waals surface area contributed by atoms with E-state index in [0.29, 0.717) is 6.04 Å². The Labute approximate surface area is 97.4 Å². The predicted molar refractivity (Wildman–Crippen MR) is 65.4 cm³/mol. The minimum absolute atomic E-state index is 0.597. The smallest absolute Gasteiger partial charge is 0.0491 e. The van der Waals surface area contributed by atoms with Gasteiger partial charge in [0.2, 0.25) is 0 Å². The Kier molecular flexibility index (Phi) is 2.74. The molecule has 1 aromatic heterocycles. The summed E-state index contributed by atoms with van der Waals surface area (Å²) in [6, 6.07) is 3.64. The topological polar surface area (TPSA) is 20.2 Å². The Morgan fingerprint density at radius 2 is 2.25 bits per heavy atom. The first-order chi connectivity index (χ1) is 7.84. The van der Waals surface area contributed by atoms with Crippen LogP contribution < -0.4 is 5.32 Å². The molecule has 2 atom stereocenters. The van der Waals surface area contributed by atoms with E-state index < -0.39 is 0 Å². The third-order valence-electron chi connectivity index (χ3n) is 4.03. The maximum atomic E-state index is 3.59. The van der Waals surface area contributed by atoms with Crippen molar-refractivity contribution >= 4 is 0 Å². The van der Waals surface area contributed by atoms with E-state index in [1.165, 1.54) is 37.9 Å². The first-order valence-corrected chi connectivity index (χ1v) is 6.43. The summed E-state index contributed by atoms with van der Waals surface area (Å²) in [5.74, 6) is 0. The first-order valence-electron chi connectivity index (χ1n) is 6.43. The minimum atomic E-state index is 0.597. The van der Waals surface area contributed by atoms with Crippen LogP contribution in [0, 0.1) is 0 Å². The standard InChI is InChI=1S/C13H21N3/c1-15-7-5-11(10-15)13-9-14-8-12-4-2-3-6-16(12)13/h5,7,10,12-14H,2-4,6,8-9H2,1H3. The molecule has 88 valence electrons. The van der Waals surface area contributed by atoms with Gasteiger partial charge in [-0.3, -0.25) is 4.90 Å². The molecule has 2 saturated heterocycles. The lowest BCUT2D eigenvalue weighted by Gasteiger charge is -2.45. The molecule has 2 fully saturated rings. The number of nitrogens with one attached hydrogen (secondary N) is 1. The van der Waals surface area contributed by atoms with Crippen LogP contribution in [-0.4, -0.2) is 35.1 Å². The van der Waals surface area contributed by atoms with Gasteiger partial charge < -0.3 is 9.88 Å². The minimum Gasteiger partial charge on any atom is -0.357 e. The summed E-state index contributed by atoms with van der Waals surface area (Å²) in [6.45, 7) is 3.58. The van der Waals surface area contributed by atoms with E-state index in [2.05, 4.69) is 40.3 Å². The van der Waals surface area contributed by atoms with Crippen LogP contribution in [0.3, 0.4) is 0 Å². The summed E-state index contributed by atoms with van der Waals surface area (Å²) in [4.78, 5) is 2.72. The van der Waals surface area contributed by atoms with Crippen molar-refractivity contribution in [1.82, 2.24) is 14.8 Å². The zero-order valence-corrected chi connectivity index (χ0v) is 10.0. The van der Waals surface area contributed by atoms with Gasteiger partial charge in [-0.05, 0) is 31.0 Å². The molecule has 16 heavy (non-hydrogen) atoms. The van der Waals surface area contributed by atoms with Gasteiger partial charge in [0.05, 0.1) is 0 Å². The quantitative estimate of drug-likeness (QED) is 0.773. The molecule has 0 spiro atoms. The number of piperazine rings is 1.